The lowest BCUT2D eigenvalue weighted by Gasteiger charge is -2.14. The maximum atomic E-state index is 12.4. The van der Waals surface area contributed by atoms with E-state index in [-0.39, 0.29) is 5.56 Å². The van der Waals surface area contributed by atoms with Crippen LogP contribution in [0.2, 0.25) is 0 Å². The van der Waals surface area contributed by atoms with Crippen LogP contribution in [0.15, 0.2) is 47.9 Å². The first-order chi connectivity index (χ1) is 12.0. The Morgan fingerprint density at radius 1 is 1.24 bits per heavy atom. The van der Waals surface area contributed by atoms with Crippen molar-refractivity contribution in [3.8, 4) is 17.1 Å². The number of rotatable bonds is 3. The minimum atomic E-state index is -0.169. The molecule has 0 saturated carbocycles. The van der Waals surface area contributed by atoms with Gasteiger partial charge >= 0.3 is 0 Å². The van der Waals surface area contributed by atoms with Crippen molar-refractivity contribution in [2.75, 3.05) is 19.0 Å². The Hall–Kier alpha value is -3.35. The third-order valence-corrected chi connectivity index (χ3v) is 4.22. The molecule has 0 aliphatic rings. The molecule has 0 spiro atoms. The average molecular weight is 334 g/mol. The van der Waals surface area contributed by atoms with Crippen LogP contribution in [0.1, 0.15) is 5.56 Å². The Labute approximate surface area is 144 Å². The molecule has 3 aromatic heterocycles. The smallest absolute Gasteiger partial charge is 0.261 e. The second-order valence-corrected chi connectivity index (χ2v) is 6.18. The van der Waals surface area contributed by atoms with Gasteiger partial charge in [0, 0.05) is 38.4 Å². The molecule has 1 aromatic carbocycles. The minimum Gasteiger partial charge on any atom is -0.377 e. The highest BCUT2D eigenvalue weighted by atomic mass is 16.1. The van der Waals surface area contributed by atoms with Gasteiger partial charge in [0.25, 0.3) is 5.56 Å². The largest absolute Gasteiger partial charge is 0.377 e. The third-order valence-electron chi connectivity index (χ3n) is 4.22. The number of hydrogen-bond donors (Lipinski definition) is 2. The quantitative estimate of drug-likeness (QED) is 0.603. The molecule has 4 aromatic rings. The topological polar surface area (TPSA) is 82.6 Å². The van der Waals surface area contributed by atoms with E-state index in [1.165, 1.54) is 0 Å². The fourth-order valence-electron chi connectivity index (χ4n) is 3.02. The number of nitrogens with one attached hydrogen (secondary N) is 2. The van der Waals surface area contributed by atoms with Crippen molar-refractivity contribution in [1.82, 2.24) is 24.5 Å². The van der Waals surface area contributed by atoms with Crippen LogP contribution in [0.3, 0.4) is 0 Å². The van der Waals surface area contributed by atoms with E-state index in [1.54, 1.807) is 18.7 Å². The first kappa shape index (κ1) is 15.2. The minimum absolute atomic E-state index is 0.169. The van der Waals surface area contributed by atoms with E-state index in [0.29, 0.717) is 11.4 Å². The van der Waals surface area contributed by atoms with Crippen LogP contribution in [-0.2, 0) is 0 Å². The van der Waals surface area contributed by atoms with E-state index in [1.807, 2.05) is 48.8 Å². The van der Waals surface area contributed by atoms with E-state index < -0.39 is 0 Å². The number of aryl methyl sites for hydroxylation is 1. The van der Waals surface area contributed by atoms with Crippen LogP contribution in [0.5, 0.6) is 0 Å². The van der Waals surface area contributed by atoms with Crippen LogP contribution < -0.4 is 10.5 Å². The second-order valence-electron chi connectivity index (χ2n) is 6.18. The highest BCUT2D eigenvalue weighted by molar-refractivity contribution is 5.86. The van der Waals surface area contributed by atoms with Gasteiger partial charge in [-0.15, -0.1) is 0 Å². The molecule has 0 saturated heterocycles. The molecule has 4 rings (SSSR count). The van der Waals surface area contributed by atoms with Gasteiger partial charge in [-0.3, -0.25) is 4.79 Å². The SMILES string of the molecule is Cc1cc(-n2ccnc2)cc2[nH]c(-c3c(N(C)C)cc[nH]c3=O)nc12. The number of aromatic amines is 2. The highest BCUT2D eigenvalue weighted by Crippen LogP contribution is 2.28. The summed E-state index contributed by atoms with van der Waals surface area (Å²) >= 11 is 0. The molecule has 0 aliphatic heterocycles. The first-order valence-electron chi connectivity index (χ1n) is 7.92. The van der Waals surface area contributed by atoms with Gasteiger partial charge in [0.1, 0.15) is 11.4 Å². The lowest BCUT2D eigenvalue weighted by molar-refractivity contribution is 1.06. The Morgan fingerprint density at radius 3 is 2.80 bits per heavy atom. The molecule has 0 fully saturated rings. The van der Waals surface area contributed by atoms with E-state index in [9.17, 15) is 4.79 Å². The molecule has 7 nitrogen and oxygen atoms in total. The van der Waals surface area contributed by atoms with Gasteiger partial charge in [0.2, 0.25) is 0 Å². The summed E-state index contributed by atoms with van der Waals surface area (Å²) < 4.78 is 1.94. The van der Waals surface area contributed by atoms with Crippen molar-refractivity contribution in [3.05, 3.63) is 59.0 Å². The van der Waals surface area contributed by atoms with Gasteiger partial charge < -0.3 is 19.4 Å². The molecular formula is C18H18N6O. The molecule has 0 amide bonds. The van der Waals surface area contributed by atoms with Crippen molar-refractivity contribution in [3.63, 3.8) is 0 Å². The predicted molar refractivity (Wildman–Crippen MR) is 98.3 cm³/mol. The zero-order valence-corrected chi connectivity index (χ0v) is 14.2. The fraction of sp³-hybridized carbons (Fsp3) is 0.167. The second kappa shape index (κ2) is 5.62. The maximum absolute atomic E-state index is 12.4. The third kappa shape index (κ3) is 2.50. The summed E-state index contributed by atoms with van der Waals surface area (Å²) in [6.45, 7) is 2.01. The van der Waals surface area contributed by atoms with E-state index in [4.69, 9.17) is 0 Å². The van der Waals surface area contributed by atoms with Gasteiger partial charge in [0.15, 0.2) is 0 Å². The number of fused-ring (bicyclic) bond motifs is 1. The summed E-state index contributed by atoms with van der Waals surface area (Å²) in [6, 6.07) is 5.93. The number of benzene rings is 1. The van der Waals surface area contributed by atoms with Crippen molar-refractivity contribution >= 4 is 16.7 Å². The molecule has 3 heterocycles. The number of imidazole rings is 2. The fourth-order valence-corrected chi connectivity index (χ4v) is 3.02. The van der Waals surface area contributed by atoms with Crippen molar-refractivity contribution in [1.29, 1.82) is 0 Å². The summed E-state index contributed by atoms with van der Waals surface area (Å²) in [4.78, 5) is 29.1. The normalized spacial score (nSPS) is 11.2. The van der Waals surface area contributed by atoms with Crippen LogP contribution >= 0.6 is 0 Å². The average Bonchev–Trinajstić information content (AvgIpc) is 3.24. The lowest BCUT2D eigenvalue weighted by Crippen LogP contribution is -2.17. The predicted octanol–water partition coefficient (Wildman–Crippen LogP) is 2.48. The van der Waals surface area contributed by atoms with E-state index in [2.05, 4.69) is 26.0 Å². The Kier molecular flexibility index (Phi) is 3.42. The molecule has 0 unspecified atom stereocenters. The monoisotopic (exact) mass is 334 g/mol. The van der Waals surface area contributed by atoms with Crippen LogP contribution in [0, 0.1) is 6.92 Å². The summed E-state index contributed by atoms with van der Waals surface area (Å²) in [6.07, 6.45) is 7.03. The lowest BCUT2D eigenvalue weighted by atomic mass is 10.2. The Bertz CT molecular complexity index is 1100. The van der Waals surface area contributed by atoms with Gasteiger partial charge in [-0.05, 0) is 30.7 Å². The first-order valence-corrected chi connectivity index (χ1v) is 7.92. The standard InChI is InChI=1S/C18H18N6O/c1-11-8-12(24-7-6-19-10-24)9-13-16(11)22-17(21-13)15-14(23(2)3)4-5-20-18(15)25/h4-10H,1-3H3,(H,20,25)(H,21,22). The molecule has 7 heteroatoms. The molecule has 2 N–H and O–H groups in total. The van der Waals surface area contributed by atoms with E-state index >= 15 is 0 Å². The van der Waals surface area contributed by atoms with Crippen molar-refractivity contribution in [2.24, 2.45) is 0 Å². The number of nitrogens with zero attached hydrogens (tertiary/aromatic N) is 4. The molecule has 0 radical (unpaired) electrons. The number of anilines is 1. The van der Waals surface area contributed by atoms with Gasteiger partial charge in [-0.1, -0.05) is 0 Å². The van der Waals surface area contributed by atoms with Gasteiger partial charge in [-0.25, -0.2) is 9.97 Å². The van der Waals surface area contributed by atoms with Crippen LogP contribution in [-0.4, -0.2) is 38.6 Å². The summed E-state index contributed by atoms with van der Waals surface area (Å²) in [5.74, 6) is 0.562. The maximum Gasteiger partial charge on any atom is 0.261 e. The molecule has 25 heavy (non-hydrogen) atoms. The Balaban J connectivity index is 1.94. The van der Waals surface area contributed by atoms with Crippen molar-refractivity contribution < 1.29 is 0 Å². The zero-order valence-electron chi connectivity index (χ0n) is 14.2. The number of hydrogen-bond acceptors (Lipinski definition) is 4. The summed E-state index contributed by atoms with van der Waals surface area (Å²) in [5.41, 5.74) is 4.94. The van der Waals surface area contributed by atoms with E-state index in [0.717, 1.165) is 28.0 Å². The molecule has 0 atom stereocenters. The van der Waals surface area contributed by atoms with Crippen molar-refractivity contribution in [2.45, 2.75) is 6.92 Å². The number of aromatic nitrogens is 5. The number of H-pyrrole nitrogens is 2. The van der Waals surface area contributed by atoms with Crippen LogP contribution in [0.4, 0.5) is 5.69 Å². The molecule has 0 bridgehead atoms. The molecule has 126 valence electrons. The van der Waals surface area contributed by atoms with Crippen LogP contribution in [0.25, 0.3) is 28.1 Å². The highest BCUT2D eigenvalue weighted by Gasteiger charge is 2.16. The molecule has 0 aliphatic carbocycles. The number of pyridine rings is 1. The van der Waals surface area contributed by atoms with Gasteiger partial charge in [0.05, 0.1) is 23.0 Å². The van der Waals surface area contributed by atoms with Gasteiger partial charge in [-0.2, -0.15) is 0 Å². The zero-order chi connectivity index (χ0) is 17.6. The summed E-state index contributed by atoms with van der Waals surface area (Å²) in [7, 11) is 3.81. The summed E-state index contributed by atoms with van der Waals surface area (Å²) in [5, 5.41) is 0. The Morgan fingerprint density at radius 2 is 2.08 bits per heavy atom. The molecular weight excluding hydrogens is 316 g/mol.